The van der Waals surface area contributed by atoms with Crippen molar-refractivity contribution in [2.24, 2.45) is 0 Å². The molecule has 4 unspecified atom stereocenters. The molecule has 10 heteroatoms. The second kappa shape index (κ2) is 13.6. The van der Waals surface area contributed by atoms with Crippen LogP contribution in [0.25, 0.3) is 0 Å². The average molecular weight is 555 g/mol. The lowest BCUT2D eigenvalue weighted by Gasteiger charge is -2.40. The number of rotatable bonds is 14. The minimum Gasteiger partial charge on any atom is -0.493 e. The van der Waals surface area contributed by atoms with Gasteiger partial charge in [-0.05, 0) is 30.7 Å². The maximum atomic E-state index is 13.6. The van der Waals surface area contributed by atoms with E-state index in [9.17, 15) is 24.6 Å². The van der Waals surface area contributed by atoms with E-state index in [1.165, 1.54) is 19.4 Å². The lowest BCUT2D eigenvalue weighted by Crippen LogP contribution is -2.55. The Bertz CT molecular complexity index is 1210. The number of aliphatic hydroxyl groups is 2. The summed E-state index contributed by atoms with van der Waals surface area (Å²) in [5, 5.41) is 23.7. The molecular weight excluding hydrogens is 516 g/mol. The highest BCUT2D eigenvalue weighted by atomic mass is 16.5. The monoisotopic (exact) mass is 554 g/mol. The highest BCUT2D eigenvalue weighted by Crippen LogP contribution is 2.51. The summed E-state index contributed by atoms with van der Waals surface area (Å²) in [7, 11) is 1.45. The summed E-state index contributed by atoms with van der Waals surface area (Å²) in [5.41, 5.74) is 1.91. The first-order chi connectivity index (χ1) is 19.4. The van der Waals surface area contributed by atoms with Gasteiger partial charge >= 0.3 is 0 Å². The Morgan fingerprint density at radius 2 is 2.00 bits per heavy atom. The Morgan fingerprint density at radius 1 is 1.20 bits per heavy atom. The smallest absolute Gasteiger partial charge is 0.247 e. The molecule has 0 spiro atoms. The van der Waals surface area contributed by atoms with Crippen LogP contribution in [0.5, 0.6) is 11.5 Å². The lowest BCUT2D eigenvalue weighted by molar-refractivity contribution is -0.138. The van der Waals surface area contributed by atoms with E-state index in [4.69, 9.17) is 13.9 Å². The SMILES string of the molecule is CCCCCCCC(=O)N(Cc1ccoc1)C1C=C(C(=O)NCCO)C2c3cc(C=O)cc(OC)c3OC2C1O. The third-order valence-electron chi connectivity index (χ3n) is 7.52. The van der Waals surface area contributed by atoms with Crippen LogP contribution in [0.1, 0.15) is 72.9 Å². The van der Waals surface area contributed by atoms with Crippen molar-refractivity contribution in [3.05, 3.63) is 59.1 Å². The molecule has 1 aromatic carbocycles. The average Bonchev–Trinajstić information content (AvgIpc) is 3.62. The van der Waals surface area contributed by atoms with Gasteiger partial charge in [0.15, 0.2) is 11.5 Å². The number of hydrogen-bond donors (Lipinski definition) is 3. The third kappa shape index (κ3) is 6.23. The predicted molar refractivity (Wildman–Crippen MR) is 146 cm³/mol. The molecule has 4 atom stereocenters. The van der Waals surface area contributed by atoms with Crippen LogP contribution < -0.4 is 14.8 Å². The molecule has 1 aliphatic carbocycles. The number of methoxy groups -OCH3 is 1. The van der Waals surface area contributed by atoms with E-state index >= 15 is 0 Å². The van der Waals surface area contributed by atoms with Crippen molar-refractivity contribution >= 4 is 18.1 Å². The first kappa shape index (κ1) is 29.4. The van der Waals surface area contributed by atoms with E-state index in [0.29, 0.717) is 35.3 Å². The van der Waals surface area contributed by atoms with E-state index in [-0.39, 0.29) is 31.2 Å². The predicted octanol–water partition coefficient (Wildman–Crippen LogP) is 3.11. The molecule has 0 bridgehead atoms. The molecule has 10 nitrogen and oxygen atoms in total. The van der Waals surface area contributed by atoms with E-state index < -0.39 is 30.1 Å². The van der Waals surface area contributed by atoms with Gasteiger partial charge in [-0.15, -0.1) is 0 Å². The van der Waals surface area contributed by atoms with Gasteiger partial charge < -0.3 is 34.3 Å². The van der Waals surface area contributed by atoms with Crippen molar-refractivity contribution in [2.75, 3.05) is 20.3 Å². The number of fused-ring (bicyclic) bond motifs is 3. The van der Waals surface area contributed by atoms with Crippen molar-refractivity contribution in [1.29, 1.82) is 0 Å². The van der Waals surface area contributed by atoms with E-state index in [1.807, 2.05) is 0 Å². The number of aldehydes is 1. The Balaban J connectivity index is 1.72. The fourth-order valence-corrected chi connectivity index (χ4v) is 5.52. The van der Waals surface area contributed by atoms with Crippen molar-refractivity contribution in [3.63, 3.8) is 0 Å². The summed E-state index contributed by atoms with van der Waals surface area (Å²) < 4.78 is 16.9. The van der Waals surface area contributed by atoms with Crippen LogP contribution in [0, 0.1) is 0 Å². The topological polar surface area (TPSA) is 139 Å². The number of unbranched alkanes of at least 4 members (excludes halogenated alkanes) is 4. The molecule has 0 fully saturated rings. The molecule has 3 N–H and O–H groups in total. The molecule has 2 aliphatic rings. The van der Waals surface area contributed by atoms with E-state index in [1.54, 1.807) is 29.4 Å². The lowest BCUT2D eigenvalue weighted by atomic mass is 9.77. The number of aliphatic hydroxyl groups excluding tert-OH is 2. The maximum Gasteiger partial charge on any atom is 0.247 e. The third-order valence-corrected chi connectivity index (χ3v) is 7.52. The maximum absolute atomic E-state index is 13.6. The zero-order valence-corrected chi connectivity index (χ0v) is 23.0. The second-order valence-corrected chi connectivity index (χ2v) is 10.2. The standard InChI is InChI=1S/C30H38N2O8/c1-3-4-5-6-7-8-25(35)32(16-19-9-12-39-18-19)23-15-22(30(37)31-10-11-33)26-21-13-20(17-34)14-24(38-2)28(21)40-29(26)27(23)36/h9,12-15,17-18,23,26-27,29,33,36H,3-8,10-11,16H2,1-2H3,(H,31,37). The summed E-state index contributed by atoms with van der Waals surface area (Å²) in [6.45, 7) is 2.09. The fourth-order valence-electron chi connectivity index (χ4n) is 5.52. The number of nitrogens with one attached hydrogen (secondary N) is 1. The van der Waals surface area contributed by atoms with E-state index in [2.05, 4.69) is 12.2 Å². The van der Waals surface area contributed by atoms with Gasteiger partial charge in [-0.2, -0.15) is 0 Å². The van der Waals surface area contributed by atoms with Crippen LogP contribution in [0.15, 0.2) is 46.8 Å². The molecule has 2 aromatic rings. The Labute approximate surface area is 233 Å². The van der Waals surface area contributed by atoms with Gasteiger partial charge in [0.05, 0.1) is 38.2 Å². The number of nitrogens with zero attached hydrogens (tertiary/aromatic N) is 1. The number of furan rings is 1. The first-order valence-corrected chi connectivity index (χ1v) is 13.9. The van der Waals surface area contributed by atoms with Crippen LogP contribution in [0.3, 0.4) is 0 Å². The number of ether oxygens (including phenoxy) is 2. The van der Waals surface area contributed by atoms with Crippen molar-refractivity contribution in [2.45, 2.75) is 76.2 Å². The molecule has 0 saturated carbocycles. The minimum absolute atomic E-state index is 0.0294. The van der Waals surface area contributed by atoms with Gasteiger partial charge in [0.1, 0.15) is 18.5 Å². The number of carbonyl (C=O) groups is 3. The fraction of sp³-hybridized carbons (Fsp3) is 0.500. The van der Waals surface area contributed by atoms with Crippen molar-refractivity contribution in [3.8, 4) is 11.5 Å². The summed E-state index contributed by atoms with van der Waals surface area (Å²) in [6, 6.07) is 4.04. The minimum atomic E-state index is -1.19. The van der Waals surface area contributed by atoms with Gasteiger partial charge in [-0.1, -0.05) is 32.6 Å². The van der Waals surface area contributed by atoms with Gasteiger partial charge in [0.25, 0.3) is 0 Å². The number of hydrogen-bond acceptors (Lipinski definition) is 8. The molecule has 40 heavy (non-hydrogen) atoms. The Morgan fingerprint density at radius 3 is 2.67 bits per heavy atom. The van der Waals surface area contributed by atoms with Gasteiger partial charge in [-0.25, -0.2) is 0 Å². The van der Waals surface area contributed by atoms with Gasteiger partial charge in [-0.3, -0.25) is 14.4 Å². The summed E-state index contributed by atoms with van der Waals surface area (Å²) in [6.07, 6.45) is 8.47. The van der Waals surface area contributed by atoms with Crippen LogP contribution in [0.4, 0.5) is 0 Å². The van der Waals surface area contributed by atoms with E-state index in [0.717, 1.165) is 37.7 Å². The highest BCUT2D eigenvalue weighted by Gasteiger charge is 2.51. The second-order valence-electron chi connectivity index (χ2n) is 10.2. The molecule has 2 amide bonds. The summed E-state index contributed by atoms with van der Waals surface area (Å²) in [5.74, 6) is -0.668. The van der Waals surface area contributed by atoms with Crippen molar-refractivity contribution in [1.82, 2.24) is 10.2 Å². The van der Waals surface area contributed by atoms with Gasteiger partial charge in [0, 0.05) is 41.8 Å². The number of carbonyl (C=O) groups excluding carboxylic acids is 3. The Hall–Kier alpha value is -3.63. The normalized spacial score (nSPS) is 21.1. The van der Waals surface area contributed by atoms with Crippen LogP contribution in [-0.4, -0.2) is 71.7 Å². The zero-order chi connectivity index (χ0) is 28.6. The molecule has 2 heterocycles. The van der Waals surface area contributed by atoms with Gasteiger partial charge in [0.2, 0.25) is 11.8 Å². The number of amides is 2. The molecule has 1 aliphatic heterocycles. The molecule has 1 aromatic heterocycles. The highest BCUT2D eigenvalue weighted by molar-refractivity contribution is 5.96. The summed E-state index contributed by atoms with van der Waals surface area (Å²) >= 11 is 0. The quantitative estimate of drug-likeness (QED) is 0.239. The van der Waals surface area contributed by atoms with Crippen molar-refractivity contribution < 1.29 is 38.5 Å². The first-order valence-electron chi connectivity index (χ1n) is 13.9. The molecule has 0 radical (unpaired) electrons. The number of benzene rings is 1. The largest absolute Gasteiger partial charge is 0.493 e. The van der Waals surface area contributed by atoms with Crippen LogP contribution in [0.2, 0.25) is 0 Å². The Kier molecular flexibility index (Phi) is 10.0. The van der Waals surface area contributed by atoms with Crippen LogP contribution in [-0.2, 0) is 16.1 Å². The molecule has 216 valence electrons. The molecule has 4 rings (SSSR count). The van der Waals surface area contributed by atoms with Crippen LogP contribution >= 0.6 is 0 Å². The zero-order valence-electron chi connectivity index (χ0n) is 23.0. The molecule has 0 saturated heterocycles. The molecular formula is C30H38N2O8. The summed E-state index contributed by atoms with van der Waals surface area (Å²) in [4.78, 5) is 40.2.